The van der Waals surface area contributed by atoms with Crippen LogP contribution in [-0.2, 0) is 0 Å². The molecule has 0 amide bonds. The molecule has 2 aromatic heterocycles. The summed E-state index contributed by atoms with van der Waals surface area (Å²) in [5.41, 5.74) is 12.1. The van der Waals surface area contributed by atoms with E-state index in [4.69, 9.17) is 4.42 Å². The number of para-hydroxylation sites is 1. The Morgan fingerprint density at radius 1 is 0.283 bits per heavy atom. The van der Waals surface area contributed by atoms with Crippen LogP contribution in [0.1, 0.15) is 0 Å². The maximum atomic E-state index is 6.27. The van der Waals surface area contributed by atoms with E-state index in [1.807, 2.05) is 6.07 Å². The standard InChI is InChI=1S/C58H34OSe/c1-2-16-35(17-3-1)53-38-19-4-8-23-42(38)55(43-24-9-5-20-39(43)53)46-27-15-31-52-57(46)48-29-14-28-47(58(48)60-52)56-44-25-10-6-21-40(44)54(41-22-7-11-26-45(41)56)36-32-33-51-49(34-36)37-18-12-13-30-50(37)59-51/h1-34H. The quantitative estimate of drug-likeness (QED) is 0.127. The molecule has 13 aromatic rings. The molecule has 13 rings (SSSR count). The predicted molar refractivity (Wildman–Crippen MR) is 257 cm³/mol. The molecule has 2 heteroatoms. The zero-order valence-corrected chi connectivity index (χ0v) is 34.2. The van der Waals surface area contributed by atoms with Crippen molar-refractivity contribution in [2.24, 2.45) is 0 Å². The first-order valence-electron chi connectivity index (χ1n) is 20.6. The van der Waals surface area contributed by atoms with Crippen LogP contribution in [-0.4, -0.2) is 14.5 Å². The molecular weight excluding hydrogens is 792 g/mol. The predicted octanol–water partition coefficient (Wildman–Crippen LogP) is 16.2. The third-order valence-corrected chi connectivity index (χ3v) is 15.2. The first kappa shape index (κ1) is 33.7. The molecule has 0 fully saturated rings. The fourth-order valence-corrected chi connectivity index (χ4v) is 12.8. The van der Waals surface area contributed by atoms with Gasteiger partial charge in [0.2, 0.25) is 0 Å². The molecule has 0 saturated carbocycles. The van der Waals surface area contributed by atoms with Gasteiger partial charge in [0.15, 0.2) is 0 Å². The van der Waals surface area contributed by atoms with Crippen molar-refractivity contribution in [3.05, 3.63) is 206 Å². The van der Waals surface area contributed by atoms with Gasteiger partial charge in [0, 0.05) is 0 Å². The van der Waals surface area contributed by atoms with E-state index in [1.165, 1.54) is 107 Å². The fourth-order valence-electron chi connectivity index (χ4n) is 10.2. The maximum absolute atomic E-state index is 6.27. The summed E-state index contributed by atoms with van der Waals surface area (Å²) >= 11 is 0.0983. The number of furan rings is 1. The summed E-state index contributed by atoms with van der Waals surface area (Å²) in [6, 6.07) is 76.1. The van der Waals surface area contributed by atoms with Gasteiger partial charge in [-0.15, -0.1) is 0 Å². The zero-order valence-electron chi connectivity index (χ0n) is 32.4. The first-order valence-corrected chi connectivity index (χ1v) is 22.3. The van der Waals surface area contributed by atoms with E-state index in [2.05, 4.69) is 200 Å². The van der Waals surface area contributed by atoms with Crippen molar-refractivity contribution in [1.82, 2.24) is 0 Å². The van der Waals surface area contributed by atoms with Crippen molar-refractivity contribution in [3.63, 3.8) is 0 Å². The molecule has 2 heterocycles. The SMILES string of the molecule is c1ccc(-c2c3ccccc3c(-c3cccc4[se]c5c(-c6c7ccccc7c(-c7ccc8oc9ccccc9c8c7)c7ccccc67)cccc5c34)c3ccccc23)cc1. The summed E-state index contributed by atoms with van der Waals surface area (Å²) in [4.78, 5) is 0. The molecule has 60 heavy (non-hydrogen) atoms. The second-order valence-corrected chi connectivity index (χ2v) is 18.0. The van der Waals surface area contributed by atoms with Crippen LogP contribution in [0.2, 0.25) is 0 Å². The van der Waals surface area contributed by atoms with Gasteiger partial charge in [-0.1, -0.05) is 6.07 Å². The van der Waals surface area contributed by atoms with Crippen molar-refractivity contribution in [2.45, 2.75) is 0 Å². The van der Waals surface area contributed by atoms with Gasteiger partial charge in [-0.3, -0.25) is 0 Å². The molecule has 0 saturated heterocycles. The normalized spacial score (nSPS) is 12.0. The number of hydrogen-bond acceptors (Lipinski definition) is 1. The molecule has 0 aliphatic rings. The van der Waals surface area contributed by atoms with Crippen LogP contribution in [0.5, 0.6) is 0 Å². The monoisotopic (exact) mass is 826 g/mol. The Morgan fingerprint density at radius 3 is 1.35 bits per heavy atom. The van der Waals surface area contributed by atoms with Gasteiger partial charge < -0.3 is 0 Å². The van der Waals surface area contributed by atoms with Crippen LogP contribution in [0.4, 0.5) is 0 Å². The van der Waals surface area contributed by atoms with E-state index in [0.29, 0.717) is 0 Å². The van der Waals surface area contributed by atoms with E-state index >= 15 is 0 Å². The molecular formula is C58H34OSe. The van der Waals surface area contributed by atoms with Gasteiger partial charge in [0.1, 0.15) is 0 Å². The van der Waals surface area contributed by atoms with Gasteiger partial charge in [-0.25, -0.2) is 0 Å². The Kier molecular flexibility index (Phi) is 7.39. The zero-order chi connectivity index (χ0) is 39.3. The molecule has 0 aliphatic heterocycles. The molecule has 0 spiro atoms. The third kappa shape index (κ3) is 4.87. The topological polar surface area (TPSA) is 13.1 Å². The van der Waals surface area contributed by atoms with Crippen LogP contribution in [0.25, 0.3) is 129 Å². The van der Waals surface area contributed by atoms with Gasteiger partial charge in [0.25, 0.3) is 0 Å². The Labute approximate surface area is 352 Å². The number of rotatable bonds is 4. The average Bonchev–Trinajstić information content (AvgIpc) is 3.89. The van der Waals surface area contributed by atoms with Gasteiger partial charge in [-0.2, -0.15) is 0 Å². The average molecular weight is 826 g/mol. The molecule has 11 aromatic carbocycles. The van der Waals surface area contributed by atoms with E-state index in [1.54, 1.807) is 0 Å². The Balaban J connectivity index is 1.09. The summed E-state index contributed by atoms with van der Waals surface area (Å²) in [5, 5.41) is 15.2. The fraction of sp³-hybridized carbons (Fsp3) is 0. The minimum atomic E-state index is 0.0983. The Morgan fingerprint density at radius 2 is 0.733 bits per heavy atom. The van der Waals surface area contributed by atoms with Crippen molar-refractivity contribution < 1.29 is 4.42 Å². The van der Waals surface area contributed by atoms with E-state index < -0.39 is 0 Å². The van der Waals surface area contributed by atoms with Crippen LogP contribution in [0.3, 0.4) is 0 Å². The third-order valence-electron chi connectivity index (χ3n) is 12.7. The molecule has 0 unspecified atom stereocenters. The van der Waals surface area contributed by atoms with E-state index in [9.17, 15) is 0 Å². The molecule has 1 nitrogen and oxygen atoms in total. The van der Waals surface area contributed by atoms with Crippen LogP contribution < -0.4 is 0 Å². The summed E-state index contributed by atoms with van der Waals surface area (Å²) in [5.74, 6) is 0. The number of fused-ring (bicyclic) bond motifs is 10. The van der Waals surface area contributed by atoms with E-state index in [0.717, 1.165) is 21.9 Å². The summed E-state index contributed by atoms with van der Waals surface area (Å²) < 4.78 is 9.16. The molecule has 0 radical (unpaired) electrons. The number of hydrogen-bond donors (Lipinski definition) is 0. The van der Waals surface area contributed by atoms with Crippen LogP contribution >= 0.6 is 0 Å². The van der Waals surface area contributed by atoms with Crippen molar-refractivity contribution >= 4 is 98.8 Å². The number of benzene rings is 11. The first-order chi connectivity index (χ1) is 29.8. The van der Waals surface area contributed by atoms with Crippen LogP contribution in [0.15, 0.2) is 211 Å². The van der Waals surface area contributed by atoms with E-state index in [-0.39, 0.29) is 14.5 Å². The van der Waals surface area contributed by atoms with Crippen LogP contribution in [0, 0.1) is 0 Å². The van der Waals surface area contributed by atoms with Gasteiger partial charge >= 0.3 is 348 Å². The molecule has 0 atom stereocenters. The second-order valence-electron chi connectivity index (χ2n) is 15.8. The Bertz CT molecular complexity index is 3770. The molecule has 0 bridgehead atoms. The summed E-state index contributed by atoms with van der Waals surface area (Å²) in [6.45, 7) is 0. The molecule has 0 N–H and O–H groups in total. The minimum absolute atomic E-state index is 0.0983. The van der Waals surface area contributed by atoms with Gasteiger partial charge in [-0.05, 0) is 0 Å². The summed E-state index contributed by atoms with van der Waals surface area (Å²) in [6.07, 6.45) is 0. The molecule has 0 aliphatic carbocycles. The van der Waals surface area contributed by atoms with Crippen molar-refractivity contribution in [3.8, 4) is 44.5 Å². The molecule has 278 valence electrons. The summed E-state index contributed by atoms with van der Waals surface area (Å²) in [7, 11) is 0. The Hall–Kier alpha value is -7.22. The van der Waals surface area contributed by atoms with Crippen molar-refractivity contribution in [2.75, 3.05) is 0 Å². The second kappa shape index (κ2) is 13.1. The van der Waals surface area contributed by atoms with Gasteiger partial charge in [0.05, 0.1) is 0 Å². The van der Waals surface area contributed by atoms with Crippen molar-refractivity contribution in [1.29, 1.82) is 0 Å².